The van der Waals surface area contributed by atoms with Gasteiger partial charge in [0.25, 0.3) is 6.43 Å². The number of hydrazine groups is 1. The number of nitrogens with zero attached hydrogens (tertiary/aromatic N) is 8. The van der Waals surface area contributed by atoms with E-state index in [1.807, 2.05) is 5.01 Å². The summed E-state index contributed by atoms with van der Waals surface area (Å²) < 4.78 is 53.2. The molecule has 0 bridgehead atoms. The largest absolute Gasteiger partial charge is 0.393 e. The zero-order valence-electron chi connectivity index (χ0n) is 19.9. The Kier molecular flexibility index (Phi) is 7.46. The molecule has 0 spiro atoms. The van der Waals surface area contributed by atoms with Gasteiger partial charge in [-0.15, -0.1) is 0 Å². The fourth-order valence-electron chi connectivity index (χ4n) is 3.98. The van der Waals surface area contributed by atoms with Crippen LogP contribution in [0.1, 0.15) is 19.4 Å². The van der Waals surface area contributed by atoms with Crippen molar-refractivity contribution in [1.29, 1.82) is 0 Å². The highest BCUT2D eigenvalue weighted by atomic mass is 19.3. The SMILES string of the molecule is OC1CCN(Nc2cc(Nc3ccnc(-c4cnn(CC(F)F)c4)n3)ncc2-c2ccn(C(F)F)n2)CC1. The van der Waals surface area contributed by atoms with Gasteiger partial charge < -0.3 is 15.8 Å². The summed E-state index contributed by atoms with van der Waals surface area (Å²) in [6, 6.07) is 4.79. The van der Waals surface area contributed by atoms with Gasteiger partial charge in [-0.3, -0.25) is 4.68 Å². The van der Waals surface area contributed by atoms with E-state index in [-0.39, 0.29) is 11.9 Å². The maximum Gasteiger partial charge on any atom is 0.333 e. The predicted octanol–water partition coefficient (Wildman–Crippen LogP) is 3.79. The molecule has 38 heavy (non-hydrogen) atoms. The zero-order valence-corrected chi connectivity index (χ0v) is 19.9. The van der Waals surface area contributed by atoms with Crippen molar-refractivity contribution in [2.24, 2.45) is 0 Å². The maximum absolute atomic E-state index is 13.1. The first-order valence-electron chi connectivity index (χ1n) is 11.8. The van der Waals surface area contributed by atoms with Gasteiger partial charge in [0.05, 0.1) is 29.2 Å². The number of piperidine rings is 1. The third kappa shape index (κ3) is 6.06. The zero-order chi connectivity index (χ0) is 26.6. The summed E-state index contributed by atoms with van der Waals surface area (Å²) in [6.45, 7) is -2.13. The van der Waals surface area contributed by atoms with Crippen LogP contribution in [0.15, 0.2) is 49.2 Å². The van der Waals surface area contributed by atoms with Crippen molar-refractivity contribution in [3.8, 4) is 22.6 Å². The van der Waals surface area contributed by atoms with Gasteiger partial charge in [-0.2, -0.15) is 19.0 Å². The van der Waals surface area contributed by atoms with Crippen LogP contribution in [0.4, 0.5) is 34.9 Å². The van der Waals surface area contributed by atoms with Crippen molar-refractivity contribution in [2.75, 3.05) is 23.8 Å². The highest BCUT2D eigenvalue weighted by Gasteiger charge is 2.20. The van der Waals surface area contributed by atoms with Gasteiger partial charge in [0.15, 0.2) is 5.82 Å². The molecule has 5 rings (SSSR count). The number of aromatic nitrogens is 7. The second-order valence-corrected chi connectivity index (χ2v) is 8.64. The molecule has 1 aliphatic rings. The van der Waals surface area contributed by atoms with E-state index in [0.29, 0.717) is 64.8 Å². The van der Waals surface area contributed by atoms with Crippen LogP contribution in [-0.2, 0) is 6.54 Å². The summed E-state index contributed by atoms with van der Waals surface area (Å²) in [7, 11) is 0. The third-order valence-corrected chi connectivity index (χ3v) is 5.86. The lowest BCUT2D eigenvalue weighted by Crippen LogP contribution is -2.39. The highest BCUT2D eigenvalue weighted by Crippen LogP contribution is 2.31. The average Bonchev–Trinajstić information content (AvgIpc) is 3.56. The standard InChI is InChI=1S/C23H24F4N10O/c24-19(25)13-36-12-14(10-30-36)22-28-5-1-20(32-22)31-21-9-18(33-35-6-2-15(38)3-7-35)16(11-29-21)17-4-8-37(34-17)23(26)27/h1,4-5,8-12,15,19,23,38H,2-3,6-7,13H2,(H2,28,29,31,32,33). The summed E-state index contributed by atoms with van der Waals surface area (Å²) in [5.41, 5.74) is 5.16. The molecule has 200 valence electrons. The molecule has 0 atom stereocenters. The van der Waals surface area contributed by atoms with Crippen LogP contribution in [0.2, 0.25) is 0 Å². The van der Waals surface area contributed by atoms with Crippen LogP contribution >= 0.6 is 0 Å². The van der Waals surface area contributed by atoms with Crippen LogP contribution in [0.5, 0.6) is 0 Å². The van der Waals surface area contributed by atoms with Crippen LogP contribution in [0.25, 0.3) is 22.6 Å². The van der Waals surface area contributed by atoms with Crippen molar-refractivity contribution >= 4 is 17.3 Å². The number of nitrogens with one attached hydrogen (secondary N) is 2. The Morgan fingerprint density at radius 2 is 1.87 bits per heavy atom. The Morgan fingerprint density at radius 3 is 2.61 bits per heavy atom. The lowest BCUT2D eigenvalue weighted by molar-refractivity contribution is 0.0568. The van der Waals surface area contributed by atoms with E-state index in [9.17, 15) is 22.7 Å². The summed E-state index contributed by atoms with van der Waals surface area (Å²) in [4.78, 5) is 13.0. The van der Waals surface area contributed by atoms with E-state index in [0.717, 1.165) is 4.68 Å². The van der Waals surface area contributed by atoms with E-state index >= 15 is 0 Å². The van der Waals surface area contributed by atoms with E-state index in [1.165, 1.54) is 37.1 Å². The number of anilines is 3. The Morgan fingerprint density at radius 1 is 1.05 bits per heavy atom. The van der Waals surface area contributed by atoms with Gasteiger partial charge >= 0.3 is 6.55 Å². The summed E-state index contributed by atoms with van der Waals surface area (Å²) in [6.07, 6.45) is 5.35. The lowest BCUT2D eigenvalue weighted by Gasteiger charge is -2.31. The number of alkyl halides is 4. The highest BCUT2D eigenvalue weighted by molar-refractivity contribution is 5.77. The molecular weight excluding hydrogens is 508 g/mol. The molecule has 1 saturated heterocycles. The number of rotatable bonds is 9. The maximum atomic E-state index is 13.1. The molecule has 0 aromatic carbocycles. The lowest BCUT2D eigenvalue weighted by atomic mass is 10.1. The van der Waals surface area contributed by atoms with Gasteiger partial charge in [-0.05, 0) is 25.0 Å². The Hall–Kier alpha value is -4.11. The van der Waals surface area contributed by atoms with Crippen molar-refractivity contribution in [1.82, 2.24) is 39.5 Å². The molecule has 3 N–H and O–H groups in total. The smallest absolute Gasteiger partial charge is 0.333 e. The molecule has 0 unspecified atom stereocenters. The molecule has 5 heterocycles. The number of halogens is 4. The third-order valence-electron chi connectivity index (χ3n) is 5.86. The molecule has 0 radical (unpaired) electrons. The topological polar surface area (TPSA) is 122 Å². The summed E-state index contributed by atoms with van der Waals surface area (Å²) in [5.74, 6) is 1.08. The summed E-state index contributed by atoms with van der Waals surface area (Å²) >= 11 is 0. The van der Waals surface area contributed by atoms with Gasteiger partial charge in [0.1, 0.15) is 18.2 Å². The van der Waals surface area contributed by atoms with Crippen molar-refractivity contribution in [3.05, 3.63) is 49.2 Å². The van der Waals surface area contributed by atoms with Crippen molar-refractivity contribution in [2.45, 2.75) is 38.5 Å². The van der Waals surface area contributed by atoms with Crippen molar-refractivity contribution < 1.29 is 22.7 Å². The normalized spacial score (nSPS) is 14.9. The number of hydrogen-bond donors (Lipinski definition) is 3. The molecular formula is C23H24F4N10O. The van der Waals surface area contributed by atoms with E-state index < -0.39 is 19.5 Å². The van der Waals surface area contributed by atoms with Gasteiger partial charge in [-0.25, -0.2) is 33.4 Å². The van der Waals surface area contributed by atoms with Crippen LogP contribution in [0, 0.1) is 0 Å². The number of pyridine rings is 1. The van der Waals surface area contributed by atoms with Crippen LogP contribution in [0.3, 0.4) is 0 Å². The molecule has 1 fully saturated rings. The Labute approximate surface area is 214 Å². The molecule has 0 amide bonds. The first-order chi connectivity index (χ1) is 18.3. The molecule has 1 aliphatic heterocycles. The monoisotopic (exact) mass is 532 g/mol. The molecule has 0 aliphatic carbocycles. The van der Waals surface area contributed by atoms with Crippen LogP contribution < -0.4 is 10.7 Å². The second kappa shape index (κ2) is 11.1. The van der Waals surface area contributed by atoms with E-state index in [4.69, 9.17) is 0 Å². The molecule has 0 saturated carbocycles. The predicted molar refractivity (Wildman–Crippen MR) is 130 cm³/mol. The minimum Gasteiger partial charge on any atom is -0.393 e. The molecule has 4 aromatic heterocycles. The number of aliphatic hydroxyl groups is 1. The summed E-state index contributed by atoms with van der Waals surface area (Å²) in [5, 5.41) is 22.7. The average molecular weight is 533 g/mol. The molecule has 4 aromatic rings. The fourth-order valence-corrected chi connectivity index (χ4v) is 3.98. The second-order valence-electron chi connectivity index (χ2n) is 8.64. The Balaban J connectivity index is 1.40. The van der Waals surface area contributed by atoms with E-state index in [2.05, 4.69) is 35.9 Å². The fraction of sp³-hybridized carbons (Fsp3) is 0.348. The minimum absolute atomic E-state index is 0.287. The quantitative estimate of drug-likeness (QED) is 0.277. The van der Waals surface area contributed by atoms with Gasteiger partial charge in [0, 0.05) is 49.5 Å². The van der Waals surface area contributed by atoms with Crippen molar-refractivity contribution in [3.63, 3.8) is 0 Å². The molecule has 11 nitrogen and oxygen atoms in total. The van der Waals surface area contributed by atoms with Gasteiger partial charge in [-0.1, -0.05) is 0 Å². The first kappa shape index (κ1) is 25.5. The molecule has 15 heteroatoms. The Bertz CT molecular complexity index is 1370. The minimum atomic E-state index is -2.77. The van der Waals surface area contributed by atoms with Crippen LogP contribution in [-0.4, -0.2) is 70.2 Å². The van der Waals surface area contributed by atoms with E-state index in [1.54, 1.807) is 12.1 Å². The number of aliphatic hydroxyl groups excluding tert-OH is 1. The first-order valence-corrected chi connectivity index (χ1v) is 11.8. The number of hydrogen-bond acceptors (Lipinski definition) is 9. The van der Waals surface area contributed by atoms with Gasteiger partial charge in [0.2, 0.25) is 0 Å².